The van der Waals surface area contributed by atoms with E-state index in [-0.39, 0.29) is 0 Å². The highest BCUT2D eigenvalue weighted by Gasteiger charge is 2.23. The number of rotatable bonds is 2. The van der Waals surface area contributed by atoms with E-state index in [0.29, 0.717) is 6.54 Å². The Balaban J connectivity index is 1.78. The maximum absolute atomic E-state index is 5.89. The van der Waals surface area contributed by atoms with Crippen molar-refractivity contribution in [3.05, 3.63) is 71.5 Å². The molecule has 0 fully saturated rings. The van der Waals surface area contributed by atoms with Crippen LogP contribution in [0.4, 0.5) is 0 Å². The van der Waals surface area contributed by atoms with Gasteiger partial charge in [0.25, 0.3) is 0 Å². The minimum absolute atomic E-state index is 0.695. The molecule has 4 aromatic rings. The number of nitrogens with zero attached hydrogens (tertiary/aromatic N) is 2. The third kappa shape index (κ3) is 1.74. The van der Waals surface area contributed by atoms with Crippen LogP contribution in [0.25, 0.3) is 21.8 Å². The molecule has 2 aromatic heterocycles. The van der Waals surface area contributed by atoms with E-state index in [1.165, 1.54) is 38.8 Å². The molecule has 0 atom stereocenters. The first-order chi connectivity index (χ1) is 11.4. The summed E-state index contributed by atoms with van der Waals surface area (Å²) in [4.78, 5) is 0. The van der Waals surface area contributed by atoms with Gasteiger partial charge in [-0.15, -0.1) is 0 Å². The molecule has 2 aromatic carbocycles. The van der Waals surface area contributed by atoms with Crippen LogP contribution in [0.5, 0.6) is 0 Å². The number of nitrogens with two attached hydrogens (primary N) is 1. The quantitative estimate of drug-likeness (QED) is 0.532. The Bertz CT molecular complexity index is 1040. The van der Waals surface area contributed by atoms with Crippen LogP contribution >= 0.6 is 0 Å². The van der Waals surface area contributed by atoms with E-state index in [2.05, 4.69) is 63.7 Å². The van der Waals surface area contributed by atoms with Crippen LogP contribution in [0.3, 0.4) is 0 Å². The number of aromatic nitrogens is 2. The van der Waals surface area contributed by atoms with E-state index in [0.717, 1.165) is 19.5 Å². The molecule has 3 nitrogen and oxygen atoms in total. The van der Waals surface area contributed by atoms with Crippen molar-refractivity contribution in [3.8, 4) is 0 Å². The van der Waals surface area contributed by atoms with E-state index in [9.17, 15) is 0 Å². The molecule has 0 unspecified atom stereocenters. The van der Waals surface area contributed by atoms with Gasteiger partial charge in [0, 0.05) is 27.8 Å². The third-order valence-electron chi connectivity index (χ3n) is 5.11. The summed E-state index contributed by atoms with van der Waals surface area (Å²) in [6.07, 6.45) is 0.942. The highest BCUT2D eigenvalue weighted by atomic mass is 15.1. The topological polar surface area (TPSA) is 35.9 Å². The third-order valence-corrected chi connectivity index (χ3v) is 5.11. The summed E-state index contributed by atoms with van der Waals surface area (Å²) >= 11 is 0. The highest BCUT2D eigenvalue weighted by Crippen LogP contribution is 2.33. The van der Waals surface area contributed by atoms with Gasteiger partial charge >= 0.3 is 0 Å². The van der Waals surface area contributed by atoms with Gasteiger partial charge in [-0.2, -0.15) is 0 Å². The first kappa shape index (κ1) is 13.0. The van der Waals surface area contributed by atoms with Crippen LogP contribution in [0.15, 0.2) is 54.6 Å². The number of hydrogen-bond donors (Lipinski definition) is 1. The van der Waals surface area contributed by atoms with Crippen LogP contribution in [0.1, 0.15) is 17.0 Å². The Kier molecular flexibility index (Phi) is 2.67. The average molecular weight is 301 g/mol. The zero-order valence-corrected chi connectivity index (χ0v) is 13.0. The van der Waals surface area contributed by atoms with Crippen molar-refractivity contribution >= 4 is 21.8 Å². The largest absolute Gasteiger partial charge is 0.337 e. The fraction of sp³-hybridized carbons (Fsp3) is 0.200. The lowest BCUT2D eigenvalue weighted by Crippen LogP contribution is -2.19. The molecule has 3 heteroatoms. The minimum atomic E-state index is 0.695. The Morgan fingerprint density at radius 1 is 0.870 bits per heavy atom. The number of hydrogen-bond acceptors (Lipinski definition) is 1. The van der Waals surface area contributed by atoms with Gasteiger partial charge in [0.05, 0.1) is 13.1 Å². The van der Waals surface area contributed by atoms with Gasteiger partial charge in [-0.05, 0) is 42.1 Å². The van der Waals surface area contributed by atoms with Crippen LogP contribution in [-0.4, -0.2) is 15.7 Å². The molecular weight excluding hydrogens is 282 g/mol. The Hall–Kier alpha value is -2.52. The summed E-state index contributed by atoms with van der Waals surface area (Å²) in [5.41, 5.74) is 12.8. The van der Waals surface area contributed by atoms with Gasteiger partial charge in [-0.1, -0.05) is 36.4 Å². The molecule has 1 aliphatic heterocycles. The average Bonchev–Trinajstić information content (AvgIpc) is 3.10. The van der Waals surface area contributed by atoms with E-state index in [1.807, 2.05) is 0 Å². The predicted molar refractivity (Wildman–Crippen MR) is 94.8 cm³/mol. The molecule has 0 aliphatic carbocycles. The second-order valence-corrected chi connectivity index (χ2v) is 6.35. The van der Waals surface area contributed by atoms with Crippen molar-refractivity contribution in [3.63, 3.8) is 0 Å². The smallest absolute Gasteiger partial charge is 0.0635 e. The van der Waals surface area contributed by atoms with Gasteiger partial charge < -0.3 is 14.9 Å². The van der Waals surface area contributed by atoms with Crippen molar-refractivity contribution in [2.45, 2.75) is 19.5 Å². The zero-order chi connectivity index (χ0) is 15.4. The second kappa shape index (κ2) is 4.74. The molecule has 0 radical (unpaired) electrons. The van der Waals surface area contributed by atoms with Crippen molar-refractivity contribution in [1.82, 2.24) is 9.13 Å². The molecule has 2 N–H and O–H groups in total. The molecule has 5 rings (SSSR count). The van der Waals surface area contributed by atoms with Crippen LogP contribution in [0, 0.1) is 0 Å². The van der Waals surface area contributed by atoms with E-state index >= 15 is 0 Å². The Morgan fingerprint density at radius 3 is 2.52 bits per heavy atom. The van der Waals surface area contributed by atoms with Gasteiger partial charge in [0.1, 0.15) is 0 Å². The first-order valence-electron chi connectivity index (χ1n) is 8.23. The molecular formula is C20H19N3. The summed E-state index contributed by atoms with van der Waals surface area (Å²) < 4.78 is 4.94. The monoisotopic (exact) mass is 301 g/mol. The van der Waals surface area contributed by atoms with Crippen molar-refractivity contribution in [2.75, 3.05) is 6.54 Å². The maximum atomic E-state index is 5.89. The number of para-hydroxylation sites is 2. The lowest BCUT2D eigenvalue weighted by Gasteiger charge is -2.22. The molecule has 1 aliphatic rings. The van der Waals surface area contributed by atoms with Crippen LogP contribution in [0.2, 0.25) is 0 Å². The molecule has 0 saturated heterocycles. The molecule has 0 spiro atoms. The van der Waals surface area contributed by atoms with Gasteiger partial charge in [-0.25, -0.2) is 0 Å². The SMILES string of the molecule is NCCc1c2n(c3ccccc13)Cc1cc3ccccc3n1C2. The van der Waals surface area contributed by atoms with Gasteiger partial charge in [0.2, 0.25) is 0 Å². The fourth-order valence-electron chi connectivity index (χ4n) is 4.11. The number of benzene rings is 2. The van der Waals surface area contributed by atoms with Gasteiger partial charge in [0.15, 0.2) is 0 Å². The zero-order valence-electron chi connectivity index (χ0n) is 13.0. The molecule has 0 saturated carbocycles. The summed E-state index contributed by atoms with van der Waals surface area (Å²) in [5, 5.41) is 2.70. The summed E-state index contributed by atoms with van der Waals surface area (Å²) in [6, 6.07) is 19.7. The van der Waals surface area contributed by atoms with Crippen LogP contribution in [-0.2, 0) is 19.5 Å². The molecule has 3 heterocycles. The van der Waals surface area contributed by atoms with E-state index in [1.54, 1.807) is 0 Å². The van der Waals surface area contributed by atoms with Crippen molar-refractivity contribution in [1.29, 1.82) is 0 Å². The first-order valence-corrected chi connectivity index (χ1v) is 8.23. The minimum Gasteiger partial charge on any atom is -0.337 e. The lowest BCUT2D eigenvalue weighted by molar-refractivity contribution is 0.609. The standard InChI is InChI=1S/C20H19N3/c21-10-9-17-16-6-2-4-8-19(16)23-12-15-11-14-5-1-3-7-18(14)22(15)13-20(17)23/h1-8,11H,9-10,12-13,21H2. The second-order valence-electron chi connectivity index (χ2n) is 6.35. The Morgan fingerprint density at radius 2 is 1.65 bits per heavy atom. The molecule has 23 heavy (non-hydrogen) atoms. The van der Waals surface area contributed by atoms with Crippen LogP contribution < -0.4 is 5.73 Å². The molecule has 0 bridgehead atoms. The van der Waals surface area contributed by atoms with Crippen molar-refractivity contribution in [2.24, 2.45) is 5.73 Å². The summed E-state index contributed by atoms with van der Waals surface area (Å²) in [5.74, 6) is 0. The molecule has 114 valence electrons. The normalized spacial score (nSPS) is 13.4. The van der Waals surface area contributed by atoms with Crippen molar-refractivity contribution < 1.29 is 0 Å². The molecule has 0 amide bonds. The summed E-state index contributed by atoms with van der Waals surface area (Å²) in [6.45, 7) is 2.57. The fourth-order valence-corrected chi connectivity index (χ4v) is 4.11. The number of fused-ring (bicyclic) bond motifs is 6. The van der Waals surface area contributed by atoms with E-state index in [4.69, 9.17) is 5.73 Å². The highest BCUT2D eigenvalue weighted by molar-refractivity contribution is 5.87. The predicted octanol–water partition coefficient (Wildman–Crippen LogP) is 3.51. The lowest BCUT2D eigenvalue weighted by atomic mass is 10.1. The maximum Gasteiger partial charge on any atom is 0.0635 e. The summed E-state index contributed by atoms with van der Waals surface area (Å²) in [7, 11) is 0. The Labute approximate surface area is 134 Å². The van der Waals surface area contributed by atoms with E-state index < -0.39 is 0 Å². The van der Waals surface area contributed by atoms with Gasteiger partial charge in [-0.3, -0.25) is 0 Å².